The zero-order chi connectivity index (χ0) is 20.1. The summed E-state index contributed by atoms with van der Waals surface area (Å²) >= 11 is 0. The number of para-hydroxylation sites is 2. The molecule has 0 fully saturated rings. The molecule has 1 aliphatic rings. The van der Waals surface area contributed by atoms with Crippen LogP contribution in [0, 0.1) is 0 Å². The number of fused-ring (bicyclic) bond motifs is 1. The van der Waals surface area contributed by atoms with Gasteiger partial charge in [-0.2, -0.15) is 5.10 Å². The minimum Gasteiger partial charge on any atom is -0.493 e. The number of aromatic carboxylic acids is 1. The quantitative estimate of drug-likeness (QED) is 0.573. The number of hydrogen-bond donors (Lipinski definition) is 2. The van der Waals surface area contributed by atoms with Gasteiger partial charge in [-0.05, 0) is 24.3 Å². The molecule has 0 saturated carbocycles. The third-order valence-corrected chi connectivity index (χ3v) is 3.97. The van der Waals surface area contributed by atoms with Crippen LogP contribution in [0.5, 0.6) is 23.0 Å². The van der Waals surface area contributed by atoms with Crippen molar-refractivity contribution in [3.05, 3.63) is 47.5 Å². The van der Waals surface area contributed by atoms with Gasteiger partial charge in [-0.15, -0.1) is 0 Å². The van der Waals surface area contributed by atoms with E-state index in [0.717, 1.165) is 0 Å². The second kappa shape index (κ2) is 8.30. The first-order valence-corrected chi connectivity index (χ1v) is 8.24. The molecule has 1 atom stereocenters. The summed E-state index contributed by atoms with van der Waals surface area (Å²) in [5, 5.41) is 13.3. The fourth-order valence-electron chi connectivity index (χ4n) is 2.66. The molecule has 2 N–H and O–H groups in total. The van der Waals surface area contributed by atoms with Gasteiger partial charge in [-0.25, -0.2) is 10.2 Å². The van der Waals surface area contributed by atoms with Crippen LogP contribution in [0.3, 0.4) is 0 Å². The molecule has 146 valence electrons. The SMILES string of the molecule is COc1ccc(/C=N\NC(=O)[C@H]2COc3ccccc3O2)c(C(=O)O)c1OC. The van der Waals surface area contributed by atoms with Crippen molar-refractivity contribution in [1.29, 1.82) is 0 Å². The number of hydrogen-bond acceptors (Lipinski definition) is 7. The van der Waals surface area contributed by atoms with Crippen LogP contribution < -0.4 is 24.4 Å². The zero-order valence-electron chi connectivity index (χ0n) is 15.2. The highest BCUT2D eigenvalue weighted by molar-refractivity contribution is 6.02. The molecule has 0 radical (unpaired) electrons. The molecule has 9 heteroatoms. The topological polar surface area (TPSA) is 116 Å². The van der Waals surface area contributed by atoms with Crippen LogP contribution in [0.4, 0.5) is 0 Å². The summed E-state index contributed by atoms with van der Waals surface area (Å²) in [6.07, 6.45) is 0.331. The summed E-state index contributed by atoms with van der Waals surface area (Å²) < 4.78 is 21.3. The summed E-state index contributed by atoms with van der Waals surface area (Å²) in [5.74, 6) is -0.386. The average molecular weight is 386 g/mol. The number of ether oxygens (including phenoxy) is 4. The fourth-order valence-corrected chi connectivity index (χ4v) is 2.66. The Kier molecular flexibility index (Phi) is 5.64. The number of carbonyl (C=O) groups excluding carboxylic acids is 1. The van der Waals surface area contributed by atoms with Crippen molar-refractivity contribution in [3.8, 4) is 23.0 Å². The molecule has 0 unspecified atom stereocenters. The van der Waals surface area contributed by atoms with Crippen LogP contribution in [0.1, 0.15) is 15.9 Å². The van der Waals surface area contributed by atoms with Crippen molar-refractivity contribution < 1.29 is 33.6 Å². The normalized spacial score (nSPS) is 15.1. The standard InChI is InChI=1S/C19H18N2O7/c1-25-14-8-7-11(16(19(23)24)17(14)26-2)9-20-21-18(22)15-10-27-12-5-3-4-6-13(12)28-15/h3-9,15H,10H2,1-2H3,(H,21,22)(H,23,24)/b20-9-/t15-/m1/s1. The number of carboxylic acid groups (broad SMARTS) is 1. The summed E-state index contributed by atoms with van der Waals surface area (Å²) in [5.41, 5.74) is 2.42. The second-order valence-electron chi connectivity index (χ2n) is 5.67. The molecule has 9 nitrogen and oxygen atoms in total. The van der Waals surface area contributed by atoms with Crippen LogP contribution >= 0.6 is 0 Å². The van der Waals surface area contributed by atoms with Gasteiger partial charge in [0, 0.05) is 5.56 Å². The summed E-state index contributed by atoms with van der Waals surface area (Å²) in [7, 11) is 2.74. The van der Waals surface area contributed by atoms with E-state index in [9.17, 15) is 14.7 Å². The molecule has 2 aromatic carbocycles. The molecular weight excluding hydrogens is 368 g/mol. The highest BCUT2D eigenvalue weighted by atomic mass is 16.6. The number of methoxy groups -OCH3 is 2. The first-order chi connectivity index (χ1) is 13.5. The molecular formula is C19H18N2O7. The Labute approximate surface area is 160 Å². The highest BCUT2D eigenvalue weighted by Crippen LogP contribution is 2.33. The van der Waals surface area contributed by atoms with Crippen LogP contribution in [0.15, 0.2) is 41.5 Å². The lowest BCUT2D eigenvalue weighted by atomic mass is 10.1. The largest absolute Gasteiger partial charge is 0.493 e. The Morgan fingerprint density at radius 1 is 1.18 bits per heavy atom. The number of nitrogens with zero attached hydrogens (tertiary/aromatic N) is 1. The molecule has 1 aliphatic heterocycles. The van der Waals surface area contributed by atoms with Crippen molar-refractivity contribution >= 4 is 18.1 Å². The van der Waals surface area contributed by atoms with Gasteiger partial charge in [0.05, 0.1) is 20.4 Å². The van der Waals surface area contributed by atoms with E-state index in [2.05, 4.69) is 10.5 Å². The van der Waals surface area contributed by atoms with Crippen molar-refractivity contribution in [2.75, 3.05) is 20.8 Å². The van der Waals surface area contributed by atoms with Crippen molar-refractivity contribution in [3.63, 3.8) is 0 Å². The van der Waals surface area contributed by atoms with Gasteiger partial charge in [0.25, 0.3) is 5.91 Å². The summed E-state index contributed by atoms with van der Waals surface area (Å²) in [4.78, 5) is 23.9. The molecule has 0 saturated heterocycles. The predicted molar refractivity (Wildman–Crippen MR) is 98.6 cm³/mol. The van der Waals surface area contributed by atoms with Crippen molar-refractivity contribution in [2.24, 2.45) is 5.10 Å². The van der Waals surface area contributed by atoms with Crippen molar-refractivity contribution in [1.82, 2.24) is 5.43 Å². The molecule has 0 aliphatic carbocycles. The van der Waals surface area contributed by atoms with E-state index in [0.29, 0.717) is 11.5 Å². The van der Waals surface area contributed by atoms with Gasteiger partial charge >= 0.3 is 5.97 Å². The molecule has 28 heavy (non-hydrogen) atoms. The summed E-state index contributed by atoms with van der Waals surface area (Å²) in [6, 6.07) is 10.1. The van der Waals surface area contributed by atoms with Gasteiger partial charge in [-0.3, -0.25) is 4.79 Å². The smallest absolute Gasteiger partial charge is 0.340 e. The molecule has 0 aromatic heterocycles. The average Bonchev–Trinajstić information content (AvgIpc) is 2.72. The maximum atomic E-state index is 12.2. The number of amides is 1. The fraction of sp³-hybridized carbons (Fsp3) is 0.211. The van der Waals surface area contributed by atoms with Gasteiger partial charge in [0.1, 0.15) is 12.2 Å². The zero-order valence-corrected chi connectivity index (χ0v) is 15.2. The van der Waals surface area contributed by atoms with E-state index < -0.39 is 18.0 Å². The third-order valence-electron chi connectivity index (χ3n) is 3.97. The Bertz CT molecular complexity index is 926. The third kappa shape index (κ3) is 3.83. The van der Waals surface area contributed by atoms with Crippen molar-refractivity contribution in [2.45, 2.75) is 6.10 Å². The van der Waals surface area contributed by atoms with E-state index in [1.807, 2.05) is 0 Å². The molecule has 2 aromatic rings. The molecule has 0 bridgehead atoms. The summed E-state index contributed by atoms with van der Waals surface area (Å²) in [6.45, 7) is 0.0368. The van der Waals surface area contributed by atoms with Gasteiger partial charge in [-0.1, -0.05) is 12.1 Å². The lowest BCUT2D eigenvalue weighted by Crippen LogP contribution is -2.42. The maximum Gasteiger partial charge on any atom is 0.340 e. The molecule has 0 spiro atoms. The predicted octanol–water partition coefficient (Wildman–Crippen LogP) is 1.69. The Balaban J connectivity index is 1.73. The lowest BCUT2D eigenvalue weighted by Gasteiger charge is -2.24. The number of carbonyl (C=O) groups is 2. The van der Waals surface area contributed by atoms with E-state index in [-0.39, 0.29) is 29.2 Å². The molecule has 3 rings (SSSR count). The number of nitrogens with one attached hydrogen (secondary N) is 1. The Morgan fingerprint density at radius 3 is 2.61 bits per heavy atom. The number of carboxylic acids is 1. The van der Waals surface area contributed by atoms with Gasteiger partial charge in [0.2, 0.25) is 6.10 Å². The lowest BCUT2D eigenvalue weighted by molar-refractivity contribution is -0.130. The minimum absolute atomic E-state index is 0.0368. The van der Waals surface area contributed by atoms with Crippen LogP contribution in [-0.2, 0) is 4.79 Å². The monoisotopic (exact) mass is 386 g/mol. The van der Waals surface area contributed by atoms with E-state index in [1.54, 1.807) is 30.3 Å². The molecule has 1 heterocycles. The minimum atomic E-state index is -1.22. The number of benzene rings is 2. The van der Waals surface area contributed by atoms with Crippen LogP contribution in [0.2, 0.25) is 0 Å². The first kappa shape index (κ1) is 19.0. The van der Waals surface area contributed by atoms with Gasteiger partial charge < -0.3 is 24.1 Å². The van der Waals surface area contributed by atoms with E-state index >= 15 is 0 Å². The van der Waals surface area contributed by atoms with E-state index in [1.165, 1.54) is 26.5 Å². The van der Waals surface area contributed by atoms with Crippen LogP contribution in [0.25, 0.3) is 0 Å². The molecule has 1 amide bonds. The number of rotatable bonds is 6. The Morgan fingerprint density at radius 2 is 1.93 bits per heavy atom. The second-order valence-corrected chi connectivity index (χ2v) is 5.67. The van der Waals surface area contributed by atoms with Crippen LogP contribution in [-0.4, -0.2) is 50.1 Å². The Hall–Kier alpha value is -3.75. The maximum absolute atomic E-state index is 12.2. The van der Waals surface area contributed by atoms with Gasteiger partial charge in [0.15, 0.2) is 23.0 Å². The number of hydrazone groups is 1. The van der Waals surface area contributed by atoms with E-state index in [4.69, 9.17) is 18.9 Å². The first-order valence-electron chi connectivity index (χ1n) is 8.24. The highest BCUT2D eigenvalue weighted by Gasteiger charge is 2.27.